The summed E-state index contributed by atoms with van der Waals surface area (Å²) in [6.07, 6.45) is -1.21. The Morgan fingerprint density at radius 1 is 0.974 bits per heavy atom. The van der Waals surface area contributed by atoms with Gasteiger partial charge < -0.3 is 20.6 Å². The van der Waals surface area contributed by atoms with Crippen molar-refractivity contribution in [3.63, 3.8) is 0 Å². The van der Waals surface area contributed by atoms with Gasteiger partial charge in [-0.25, -0.2) is 8.42 Å². The molecule has 39 heavy (non-hydrogen) atoms. The van der Waals surface area contributed by atoms with E-state index in [4.69, 9.17) is 0 Å². The highest BCUT2D eigenvalue weighted by molar-refractivity contribution is 7.89. The van der Waals surface area contributed by atoms with Crippen LogP contribution in [0, 0.1) is 16.0 Å². The summed E-state index contributed by atoms with van der Waals surface area (Å²) in [5.74, 6) is -1.45. The van der Waals surface area contributed by atoms with Gasteiger partial charge in [0.2, 0.25) is 10.0 Å². The van der Waals surface area contributed by atoms with Gasteiger partial charge in [0.05, 0.1) is 22.0 Å². The van der Waals surface area contributed by atoms with Crippen LogP contribution in [0.2, 0.25) is 0 Å². The highest BCUT2D eigenvalue weighted by atomic mass is 32.2. The van der Waals surface area contributed by atoms with E-state index >= 15 is 0 Å². The van der Waals surface area contributed by atoms with Crippen molar-refractivity contribution in [3.05, 3.63) is 94.0 Å². The number of hydrogen-bond donors (Lipinski definition) is 4. The van der Waals surface area contributed by atoms with E-state index in [1.54, 1.807) is 24.3 Å². The van der Waals surface area contributed by atoms with Gasteiger partial charge in [-0.3, -0.25) is 14.9 Å². The molecule has 0 aromatic heterocycles. The number of amides is 1. The lowest BCUT2D eigenvalue weighted by Crippen LogP contribution is -2.51. The Bertz CT molecular complexity index is 1380. The number of carbonyl (C=O) groups is 1. The highest BCUT2D eigenvalue weighted by Gasteiger charge is 2.32. The van der Waals surface area contributed by atoms with Crippen molar-refractivity contribution in [3.8, 4) is 11.5 Å². The highest BCUT2D eigenvalue weighted by Crippen LogP contribution is 2.23. The topological polar surface area (TPSA) is 170 Å². The molecular weight excluding hydrogens is 526 g/mol. The van der Waals surface area contributed by atoms with Crippen LogP contribution in [0.5, 0.6) is 11.5 Å². The second-order valence-electron chi connectivity index (χ2n) is 9.54. The predicted molar refractivity (Wildman–Crippen MR) is 144 cm³/mol. The summed E-state index contributed by atoms with van der Waals surface area (Å²) >= 11 is 0. The number of non-ortho nitro benzene ring substituents is 1. The molecule has 0 aliphatic rings. The molecule has 0 saturated carbocycles. The number of nitrogens with zero attached hydrogens (tertiary/aromatic N) is 2. The largest absolute Gasteiger partial charge is 0.508 e. The van der Waals surface area contributed by atoms with Crippen molar-refractivity contribution in [1.29, 1.82) is 0 Å². The number of benzene rings is 3. The fourth-order valence-electron chi connectivity index (χ4n) is 4.03. The summed E-state index contributed by atoms with van der Waals surface area (Å²) < 4.78 is 28.1. The van der Waals surface area contributed by atoms with Gasteiger partial charge in [-0.1, -0.05) is 44.2 Å². The molecule has 3 aromatic rings. The normalized spacial score (nSPS) is 13.3. The van der Waals surface area contributed by atoms with E-state index < -0.39 is 33.0 Å². The molecule has 0 aliphatic heterocycles. The SMILES string of the molecule is CC(C)CN(C[C@@H](O)[C@H](Cc1ccccc1)NC(=O)c1cc(O)cc(O)c1)S(=O)(=O)c1ccc([N+](=O)[O-])cc1. The first-order valence-corrected chi connectivity index (χ1v) is 13.6. The number of aliphatic hydroxyl groups excluding tert-OH is 1. The third-order valence-electron chi connectivity index (χ3n) is 5.89. The molecule has 0 unspecified atom stereocenters. The van der Waals surface area contributed by atoms with E-state index in [0.717, 1.165) is 52.3 Å². The summed E-state index contributed by atoms with van der Waals surface area (Å²) in [6.45, 7) is 3.29. The van der Waals surface area contributed by atoms with Crippen LogP contribution in [0.4, 0.5) is 5.69 Å². The fraction of sp³-hybridized carbons (Fsp3) is 0.296. The molecule has 0 aliphatic carbocycles. The van der Waals surface area contributed by atoms with E-state index in [1.165, 1.54) is 0 Å². The minimum absolute atomic E-state index is 0.0445. The summed E-state index contributed by atoms with van der Waals surface area (Å²) in [7, 11) is -4.16. The maximum Gasteiger partial charge on any atom is 0.269 e. The summed E-state index contributed by atoms with van der Waals surface area (Å²) in [5.41, 5.74) is 0.470. The minimum atomic E-state index is -4.16. The molecule has 3 aromatic carbocycles. The monoisotopic (exact) mass is 557 g/mol. The van der Waals surface area contributed by atoms with Gasteiger partial charge in [0.1, 0.15) is 11.5 Å². The number of nitrogens with one attached hydrogen (secondary N) is 1. The van der Waals surface area contributed by atoms with Crippen LogP contribution in [-0.2, 0) is 16.4 Å². The second-order valence-corrected chi connectivity index (χ2v) is 11.5. The van der Waals surface area contributed by atoms with Gasteiger partial charge in [-0.05, 0) is 42.2 Å². The van der Waals surface area contributed by atoms with Gasteiger partial charge in [0.25, 0.3) is 11.6 Å². The number of aromatic hydroxyl groups is 2. The van der Waals surface area contributed by atoms with Crippen molar-refractivity contribution < 1.29 is 33.5 Å². The van der Waals surface area contributed by atoms with Crippen LogP contribution in [0.1, 0.15) is 29.8 Å². The third kappa shape index (κ3) is 7.99. The lowest BCUT2D eigenvalue weighted by Gasteiger charge is -2.30. The molecule has 12 heteroatoms. The number of nitro benzene ring substituents is 1. The first-order valence-electron chi connectivity index (χ1n) is 12.2. The number of carbonyl (C=O) groups excluding carboxylic acids is 1. The van der Waals surface area contributed by atoms with Crippen LogP contribution in [0.3, 0.4) is 0 Å². The quantitative estimate of drug-likeness (QED) is 0.194. The molecule has 0 radical (unpaired) electrons. The van der Waals surface area contributed by atoms with Gasteiger partial charge in [0, 0.05) is 36.9 Å². The number of aliphatic hydroxyl groups is 1. The molecule has 11 nitrogen and oxygen atoms in total. The lowest BCUT2D eigenvalue weighted by molar-refractivity contribution is -0.384. The molecule has 0 heterocycles. The molecule has 208 valence electrons. The van der Waals surface area contributed by atoms with Crippen molar-refractivity contribution in [2.24, 2.45) is 5.92 Å². The molecule has 4 N–H and O–H groups in total. The predicted octanol–water partition coefficient (Wildman–Crippen LogP) is 3.05. The fourth-order valence-corrected chi connectivity index (χ4v) is 5.65. The lowest BCUT2D eigenvalue weighted by atomic mass is 10.00. The van der Waals surface area contributed by atoms with Gasteiger partial charge in [-0.15, -0.1) is 0 Å². The number of rotatable bonds is 12. The first kappa shape index (κ1) is 29.6. The summed E-state index contributed by atoms with van der Waals surface area (Å²) in [4.78, 5) is 23.2. The van der Waals surface area contributed by atoms with Crippen molar-refractivity contribution >= 4 is 21.6 Å². The summed E-state index contributed by atoms with van der Waals surface area (Å²) in [6, 6.07) is 15.9. The molecule has 3 rings (SSSR count). The standard InChI is InChI=1S/C27H31N3O8S/c1-18(2)16-29(39(37,38)24-10-8-21(9-11-24)30(35)36)17-26(33)25(12-19-6-4-3-5-7-19)28-27(34)20-13-22(31)15-23(32)14-20/h3-11,13-15,18,25-26,31-33H,12,16-17H2,1-2H3,(H,28,34)/t25-,26+/m0/s1. The zero-order valence-corrected chi connectivity index (χ0v) is 22.3. The molecule has 1 amide bonds. The maximum atomic E-state index is 13.5. The van der Waals surface area contributed by atoms with E-state index in [2.05, 4.69) is 5.32 Å². The number of sulfonamides is 1. The van der Waals surface area contributed by atoms with E-state index in [-0.39, 0.29) is 53.1 Å². The average molecular weight is 558 g/mol. The maximum absolute atomic E-state index is 13.5. The van der Waals surface area contributed by atoms with Crippen molar-refractivity contribution in [2.75, 3.05) is 13.1 Å². The van der Waals surface area contributed by atoms with E-state index in [0.29, 0.717) is 0 Å². The van der Waals surface area contributed by atoms with E-state index in [9.17, 15) is 38.6 Å². The van der Waals surface area contributed by atoms with Crippen molar-refractivity contribution in [2.45, 2.75) is 37.3 Å². The zero-order valence-electron chi connectivity index (χ0n) is 21.5. The number of phenols is 2. The Morgan fingerprint density at radius 2 is 1.56 bits per heavy atom. The van der Waals surface area contributed by atoms with Gasteiger partial charge >= 0.3 is 0 Å². The summed E-state index contributed by atoms with van der Waals surface area (Å²) in [5, 5.41) is 44.5. The van der Waals surface area contributed by atoms with Crippen LogP contribution >= 0.6 is 0 Å². The third-order valence-corrected chi connectivity index (χ3v) is 7.73. The molecule has 0 bridgehead atoms. The molecule has 2 atom stereocenters. The molecule has 0 fully saturated rings. The Balaban J connectivity index is 1.91. The van der Waals surface area contributed by atoms with E-state index in [1.807, 2.05) is 19.9 Å². The Kier molecular flexibility index (Phi) is 9.62. The van der Waals surface area contributed by atoms with Crippen molar-refractivity contribution in [1.82, 2.24) is 9.62 Å². The molecule has 0 spiro atoms. The van der Waals surface area contributed by atoms with Crippen LogP contribution in [0.15, 0.2) is 77.7 Å². The van der Waals surface area contributed by atoms with Gasteiger partial charge in [0.15, 0.2) is 0 Å². The Hall–Kier alpha value is -4.00. The smallest absolute Gasteiger partial charge is 0.269 e. The first-order chi connectivity index (χ1) is 18.4. The zero-order chi connectivity index (χ0) is 28.7. The molecule has 0 saturated heterocycles. The Morgan fingerprint density at radius 3 is 2.10 bits per heavy atom. The minimum Gasteiger partial charge on any atom is -0.508 e. The van der Waals surface area contributed by atoms with Gasteiger partial charge in [-0.2, -0.15) is 4.31 Å². The number of hydrogen-bond acceptors (Lipinski definition) is 8. The molecular formula is C27H31N3O8S. The second kappa shape index (κ2) is 12.7. The van der Waals surface area contributed by atoms with Crippen LogP contribution in [-0.4, -0.2) is 64.1 Å². The number of phenolic OH excluding ortho intramolecular Hbond substituents is 2. The Labute approximate surface area is 226 Å². The van der Waals surface area contributed by atoms with Crippen LogP contribution < -0.4 is 5.32 Å². The average Bonchev–Trinajstić information content (AvgIpc) is 2.87. The van der Waals surface area contributed by atoms with Crippen LogP contribution in [0.25, 0.3) is 0 Å². The number of nitro groups is 1.